The third-order valence-electron chi connectivity index (χ3n) is 4.21. The number of rotatable bonds is 4. The summed E-state index contributed by atoms with van der Waals surface area (Å²) in [7, 11) is -3.54. The van der Waals surface area contributed by atoms with E-state index in [4.69, 9.17) is 0 Å². The Labute approximate surface area is 131 Å². The molecule has 2 N–H and O–H groups in total. The molecule has 0 unspecified atom stereocenters. The van der Waals surface area contributed by atoms with E-state index in [0.29, 0.717) is 17.9 Å². The van der Waals surface area contributed by atoms with Gasteiger partial charge in [0, 0.05) is 6.54 Å². The Morgan fingerprint density at radius 2 is 1.91 bits per heavy atom. The number of benzene rings is 1. The van der Waals surface area contributed by atoms with Crippen molar-refractivity contribution in [3.05, 3.63) is 46.3 Å². The van der Waals surface area contributed by atoms with E-state index in [2.05, 4.69) is 27.1 Å². The molecule has 0 atom stereocenters. The van der Waals surface area contributed by atoms with Crippen LogP contribution >= 0.6 is 0 Å². The highest BCUT2D eigenvalue weighted by atomic mass is 32.2. The second-order valence-electron chi connectivity index (χ2n) is 5.90. The SMILES string of the molecule is Cc1n[nH]c(C)c1S(=O)(=O)NCc1ccc2c(c1)CCCC2. The van der Waals surface area contributed by atoms with Crippen LogP contribution in [0, 0.1) is 13.8 Å². The van der Waals surface area contributed by atoms with Gasteiger partial charge in [-0.2, -0.15) is 5.10 Å². The predicted molar refractivity (Wildman–Crippen MR) is 85.2 cm³/mol. The molecule has 0 fully saturated rings. The highest BCUT2D eigenvalue weighted by Gasteiger charge is 2.22. The Kier molecular flexibility index (Phi) is 4.06. The summed E-state index contributed by atoms with van der Waals surface area (Å²) >= 11 is 0. The Morgan fingerprint density at radius 1 is 1.18 bits per heavy atom. The summed E-state index contributed by atoms with van der Waals surface area (Å²) in [5, 5.41) is 6.66. The zero-order valence-electron chi connectivity index (χ0n) is 12.9. The third kappa shape index (κ3) is 2.94. The molecule has 118 valence electrons. The minimum absolute atomic E-state index is 0.255. The molecule has 0 aliphatic heterocycles. The van der Waals surface area contributed by atoms with Gasteiger partial charge in [0.05, 0.1) is 11.4 Å². The lowest BCUT2D eigenvalue weighted by Gasteiger charge is -2.16. The first-order chi connectivity index (χ1) is 10.5. The zero-order valence-corrected chi connectivity index (χ0v) is 13.8. The highest BCUT2D eigenvalue weighted by molar-refractivity contribution is 7.89. The molecule has 1 heterocycles. The summed E-state index contributed by atoms with van der Waals surface area (Å²) in [6.45, 7) is 3.71. The first-order valence-corrected chi connectivity index (χ1v) is 9.07. The van der Waals surface area contributed by atoms with Crippen molar-refractivity contribution >= 4 is 10.0 Å². The van der Waals surface area contributed by atoms with E-state index in [1.54, 1.807) is 13.8 Å². The minimum Gasteiger partial charge on any atom is -0.281 e. The predicted octanol–water partition coefficient (Wildman–Crippen LogP) is 2.38. The maximum atomic E-state index is 12.4. The van der Waals surface area contributed by atoms with E-state index in [1.165, 1.54) is 24.0 Å². The standard InChI is InChI=1S/C16H21N3O2S/c1-11-16(12(2)19-18-11)22(20,21)17-10-13-7-8-14-5-3-4-6-15(14)9-13/h7-9,17H,3-6,10H2,1-2H3,(H,18,19). The lowest BCUT2D eigenvalue weighted by Crippen LogP contribution is -2.24. The van der Waals surface area contributed by atoms with Crippen LogP contribution in [0.4, 0.5) is 0 Å². The fourth-order valence-corrected chi connectivity index (χ4v) is 4.47. The first kappa shape index (κ1) is 15.2. The molecule has 22 heavy (non-hydrogen) atoms. The number of H-pyrrole nitrogens is 1. The maximum absolute atomic E-state index is 12.4. The van der Waals surface area contributed by atoms with Crippen molar-refractivity contribution in [2.45, 2.75) is 51.0 Å². The molecule has 0 spiro atoms. The van der Waals surface area contributed by atoms with Gasteiger partial charge < -0.3 is 0 Å². The molecule has 3 rings (SSSR count). The van der Waals surface area contributed by atoms with Crippen LogP contribution in [-0.2, 0) is 29.4 Å². The minimum atomic E-state index is -3.54. The van der Waals surface area contributed by atoms with Gasteiger partial charge in [-0.25, -0.2) is 13.1 Å². The molecule has 1 aromatic carbocycles. The largest absolute Gasteiger partial charge is 0.281 e. The van der Waals surface area contributed by atoms with E-state index in [0.717, 1.165) is 18.4 Å². The molecule has 2 aromatic rings. The van der Waals surface area contributed by atoms with E-state index in [1.807, 2.05) is 6.07 Å². The van der Waals surface area contributed by atoms with Crippen molar-refractivity contribution in [3.63, 3.8) is 0 Å². The maximum Gasteiger partial charge on any atom is 0.244 e. The summed E-state index contributed by atoms with van der Waals surface area (Å²) in [5.41, 5.74) is 4.83. The quantitative estimate of drug-likeness (QED) is 0.908. The zero-order chi connectivity index (χ0) is 15.7. The highest BCUT2D eigenvalue weighted by Crippen LogP contribution is 2.23. The molecular formula is C16H21N3O2S. The third-order valence-corrected chi connectivity index (χ3v) is 5.87. The Bertz CT molecular complexity index is 774. The van der Waals surface area contributed by atoms with Gasteiger partial charge in [-0.1, -0.05) is 18.2 Å². The van der Waals surface area contributed by atoms with Crippen molar-refractivity contribution in [1.82, 2.24) is 14.9 Å². The second-order valence-corrected chi connectivity index (χ2v) is 7.60. The Hall–Kier alpha value is -1.66. The van der Waals surface area contributed by atoms with E-state index < -0.39 is 10.0 Å². The molecule has 0 bridgehead atoms. The van der Waals surface area contributed by atoms with Gasteiger partial charge in [0.25, 0.3) is 0 Å². The van der Waals surface area contributed by atoms with Crippen LogP contribution in [0.1, 0.15) is 40.9 Å². The smallest absolute Gasteiger partial charge is 0.244 e. The number of aryl methyl sites for hydroxylation is 4. The molecule has 0 amide bonds. The van der Waals surface area contributed by atoms with Gasteiger partial charge in [-0.3, -0.25) is 5.10 Å². The summed E-state index contributed by atoms with van der Waals surface area (Å²) in [4.78, 5) is 0.255. The van der Waals surface area contributed by atoms with Crippen molar-refractivity contribution in [3.8, 4) is 0 Å². The van der Waals surface area contributed by atoms with Gasteiger partial charge in [0.2, 0.25) is 10.0 Å². The average molecular weight is 319 g/mol. The van der Waals surface area contributed by atoms with Crippen LogP contribution in [0.2, 0.25) is 0 Å². The second kappa shape index (κ2) is 5.85. The van der Waals surface area contributed by atoms with Crippen molar-refractivity contribution in [1.29, 1.82) is 0 Å². The molecule has 6 heteroatoms. The summed E-state index contributed by atoms with van der Waals surface area (Å²) in [5.74, 6) is 0. The molecule has 5 nitrogen and oxygen atoms in total. The van der Waals surface area contributed by atoms with Crippen LogP contribution in [0.3, 0.4) is 0 Å². The van der Waals surface area contributed by atoms with Crippen LogP contribution in [0.25, 0.3) is 0 Å². The van der Waals surface area contributed by atoms with Gasteiger partial charge in [0.15, 0.2) is 0 Å². The fourth-order valence-electron chi connectivity index (χ4n) is 3.08. The van der Waals surface area contributed by atoms with Gasteiger partial charge in [0.1, 0.15) is 4.90 Å². The molecule has 0 saturated heterocycles. The van der Waals surface area contributed by atoms with Crippen molar-refractivity contribution < 1.29 is 8.42 Å². The molecular weight excluding hydrogens is 298 g/mol. The number of hydrogen-bond donors (Lipinski definition) is 2. The summed E-state index contributed by atoms with van der Waals surface area (Å²) < 4.78 is 27.5. The Balaban J connectivity index is 1.77. The number of aromatic amines is 1. The van der Waals surface area contributed by atoms with Gasteiger partial charge in [-0.05, 0) is 56.2 Å². The first-order valence-electron chi connectivity index (χ1n) is 7.59. The number of aromatic nitrogens is 2. The molecule has 0 radical (unpaired) electrons. The Morgan fingerprint density at radius 3 is 2.59 bits per heavy atom. The van der Waals surface area contributed by atoms with Crippen LogP contribution in [0.5, 0.6) is 0 Å². The number of nitrogens with one attached hydrogen (secondary N) is 2. The topological polar surface area (TPSA) is 74.8 Å². The molecule has 1 aliphatic carbocycles. The number of fused-ring (bicyclic) bond motifs is 1. The van der Waals surface area contributed by atoms with E-state index >= 15 is 0 Å². The molecule has 1 aliphatic rings. The van der Waals surface area contributed by atoms with Crippen molar-refractivity contribution in [2.75, 3.05) is 0 Å². The monoisotopic (exact) mass is 319 g/mol. The van der Waals surface area contributed by atoms with Crippen molar-refractivity contribution in [2.24, 2.45) is 0 Å². The van der Waals surface area contributed by atoms with Crippen LogP contribution in [0.15, 0.2) is 23.1 Å². The van der Waals surface area contributed by atoms with Crippen LogP contribution in [-0.4, -0.2) is 18.6 Å². The van der Waals surface area contributed by atoms with Crippen LogP contribution < -0.4 is 4.72 Å². The van der Waals surface area contributed by atoms with Gasteiger partial charge >= 0.3 is 0 Å². The normalized spacial score (nSPS) is 14.8. The lowest BCUT2D eigenvalue weighted by atomic mass is 9.90. The van der Waals surface area contributed by atoms with Gasteiger partial charge in [-0.15, -0.1) is 0 Å². The number of hydrogen-bond acceptors (Lipinski definition) is 3. The lowest BCUT2D eigenvalue weighted by molar-refractivity contribution is 0.580. The average Bonchev–Trinajstić information content (AvgIpc) is 2.85. The van der Waals surface area contributed by atoms with E-state index in [-0.39, 0.29) is 4.90 Å². The fraction of sp³-hybridized carbons (Fsp3) is 0.438. The summed E-state index contributed by atoms with van der Waals surface area (Å²) in [6.07, 6.45) is 4.69. The van der Waals surface area contributed by atoms with E-state index in [9.17, 15) is 8.42 Å². The number of nitrogens with zero attached hydrogens (tertiary/aromatic N) is 1. The molecule has 1 aromatic heterocycles. The summed E-state index contributed by atoms with van der Waals surface area (Å²) in [6, 6.07) is 6.28. The number of sulfonamides is 1. The molecule has 0 saturated carbocycles.